The third-order valence-electron chi connectivity index (χ3n) is 3.24. The van der Waals surface area contributed by atoms with Crippen molar-refractivity contribution in [2.45, 2.75) is 25.4 Å². The summed E-state index contributed by atoms with van der Waals surface area (Å²) in [6, 6.07) is -0.437. The van der Waals surface area contributed by atoms with Gasteiger partial charge in [-0.1, -0.05) is 11.3 Å². The lowest BCUT2D eigenvalue weighted by molar-refractivity contribution is -0.138. The van der Waals surface area contributed by atoms with Gasteiger partial charge in [0.05, 0.1) is 17.2 Å². The normalized spacial score (nSPS) is 18.6. The third kappa shape index (κ3) is 2.71. The van der Waals surface area contributed by atoms with Crippen molar-refractivity contribution >= 4 is 38.4 Å². The van der Waals surface area contributed by atoms with Gasteiger partial charge in [0.2, 0.25) is 0 Å². The quantitative estimate of drug-likeness (QED) is 0.909. The number of aliphatic carboxylic acids is 1. The highest BCUT2D eigenvalue weighted by molar-refractivity contribution is 9.10. The number of aromatic nitrogens is 3. The maximum Gasteiger partial charge on any atom is 0.326 e. The van der Waals surface area contributed by atoms with Crippen LogP contribution in [-0.2, 0) is 11.3 Å². The van der Waals surface area contributed by atoms with Crippen molar-refractivity contribution in [1.29, 1.82) is 0 Å². The molecule has 2 aromatic rings. The van der Waals surface area contributed by atoms with Crippen molar-refractivity contribution in [2.24, 2.45) is 0 Å². The van der Waals surface area contributed by atoms with Crippen LogP contribution in [0, 0.1) is 0 Å². The fraction of sp³-hybridized carbons (Fsp3) is 0.417. The van der Waals surface area contributed by atoms with E-state index in [2.05, 4.69) is 26.0 Å². The molecule has 1 aliphatic rings. The Balaban J connectivity index is 1.75. The fourth-order valence-corrected chi connectivity index (χ4v) is 3.65. The molecule has 0 radical (unpaired) electrons. The van der Waals surface area contributed by atoms with Gasteiger partial charge in [-0.05, 0) is 28.8 Å². The van der Waals surface area contributed by atoms with Crippen LogP contribution in [0.3, 0.4) is 0 Å². The highest BCUT2D eigenvalue weighted by Crippen LogP contribution is 2.30. The summed E-state index contributed by atoms with van der Waals surface area (Å²) >= 11 is 4.89. The molecule has 106 valence electrons. The van der Waals surface area contributed by atoms with E-state index < -0.39 is 12.0 Å². The summed E-state index contributed by atoms with van der Waals surface area (Å²) < 4.78 is 2.76. The highest BCUT2D eigenvalue weighted by Gasteiger charge is 2.32. The smallest absolute Gasteiger partial charge is 0.326 e. The first-order chi connectivity index (χ1) is 9.63. The second-order valence-corrected chi connectivity index (χ2v) is 6.66. The first kappa shape index (κ1) is 13.6. The summed E-state index contributed by atoms with van der Waals surface area (Å²) in [4.78, 5) is 18.5. The maximum atomic E-state index is 11.2. The molecule has 1 aliphatic heterocycles. The molecule has 0 aliphatic carbocycles. The van der Waals surface area contributed by atoms with E-state index in [0.29, 0.717) is 13.0 Å². The number of halogens is 1. The largest absolute Gasteiger partial charge is 0.480 e. The van der Waals surface area contributed by atoms with Crippen molar-refractivity contribution in [3.05, 3.63) is 27.9 Å². The van der Waals surface area contributed by atoms with Gasteiger partial charge in [-0.25, -0.2) is 9.78 Å². The van der Waals surface area contributed by atoms with Crippen LogP contribution >= 0.6 is 27.3 Å². The Hall–Kier alpha value is -1.41. The Morgan fingerprint density at radius 1 is 1.55 bits per heavy atom. The lowest BCUT2D eigenvalue weighted by Gasteiger charge is -2.19. The van der Waals surface area contributed by atoms with Crippen molar-refractivity contribution in [3.8, 4) is 0 Å². The molecule has 3 rings (SSSR count). The number of rotatable bonds is 4. The van der Waals surface area contributed by atoms with E-state index in [1.807, 2.05) is 15.8 Å². The zero-order valence-electron chi connectivity index (χ0n) is 10.6. The molecule has 1 saturated heterocycles. The van der Waals surface area contributed by atoms with E-state index in [-0.39, 0.29) is 0 Å². The van der Waals surface area contributed by atoms with Crippen molar-refractivity contribution in [1.82, 2.24) is 14.8 Å². The number of nitrogens with zero attached hydrogens (tertiary/aromatic N) is 4. The standard InChI is InChI=1S/C12H13BrN4O2S/c13-8-4-15-16(6-8)7-9-5-14-12(20-9)17-3-1-2-10(17)11(18)19/h4-6,10H,1-3,7H2,(H,18,19). The fourth-order valence-electron chi connectivity index (χ4n) is 2.34. The van der Waals surface area contributed by atoms with Crippen LogP contribution in [0.5, 0.6) is 0 Å². The predicted octanol–water partition coefficient (Wildman–Crippen LogP) is 2.20. The van der Waals surface area contributed by atoms with Crippen molar-refractivity contribution in [3.63, 3.8) is 0 Å². The molecule has 8 heteroatoms. The van der Waals surface area contributed by atoms with Crippen molar-refractivity contribution < 1.29 is 9.90 Å². The maximum absolute atomic E-state index is 11.2. The number of hydrogen-bond acceptors (Lipinski definition) is 5. The third-order valence-corrected chi connectivity index (χ3v) is 4.67. The molecule has 2 aromatic heterocycles. The minimum absolute atomic E-state index is 0.437. The van der Waals surface area contributed by atoms with E-state index in [4.69, 9.17) is 0 Å². The molecule has 1 fully saturated rings. The lowest BCUT2D eigenvalue weighted by Crippen LogP contribution is -2.35. The first-order valence-electron chi connectivity index (χ1n) is 6.25. The second kappa shape index (κ2) is 5.53. The molecule has 1 N–H and O–H groups in total. The Kier molecular flexibility index (Phi) is 3.75. The van der Waals surface area contributed by atoms with Gasteiger partial charge < -0.3 is 10.0 Å². The van der Waals surface area contributed by atoms with E-state index in [0.717, 1.165) is 27.4 Å². The van der Waals surface area contributed by atoms with Crippen LogP contribution in [0.25, 0.3) is 0 Å². The van der Waals surface area contributed by atoms with Gasteiger partial charge in [0.25, 0.3) is 0 Å². The zero-order chi connectivity index (χ0) is 14.1. The van der Waals surface area contributed by atoms with Gasteiger partial charge >= 0.3 is 5.97 Å². The Bertz CT molecular complexity index is 627. The van der Waals surface area contributed by atoms with Gasteiger partial charge in [0.1, 0.15) is 6.04 Å². The molecular weight excluding hydrogens is 344 g/mol. The average Bonchev–Trinajstić information content (AvgIpc) is 3.09. The number of thiazole rings is 1. The van der Waals surface area contributed by atoms with Gasteiger partial charge in [-0.15, -0.1) is 0 Å². The summed E-state index contributed by atoms with van der Waals surface area (Å²) in [6.45, 7) is 1.41. The van der Waals surface area contributed by atoms with Crippen molar-refractivity contribution in [2.75, 3.05) is 11.4 Å². The van der Waals surface area contributed by atoms with Crippen LogP contribution in [0.4, 0.5) is 5.13 Å². The molecule has 20 heavy (non-hydrogen) atoms. The number of carboxylic acids is 1. The van der Waals surface area contributed by atoms with Gasteiger partial charge in [0.15, 0.2) is 5.13 Å². The lowest BCUT2D eigenvalue weighted by atomic mass is 10.2. The van der Waals surface area contributed by atoms with E-state index in [9.17, 15) is 9.90 Å². The predicted molar refractivity (Wildman–Crippen MR) is 79.1 cm³/mol. The molecule has 1 unspecified atom stereocenters. The minimum Gasteiger partial charge on any atom is -0.480 e. The second-order valence-electron chi connectivity index (χ2n) is 4.65. The number of carbonyl (C=O) groups is 1. The highest BCUT2D eigenvalue weighted by atomic mass is 79.9. The zero-order valence-corrected chi connectivity index (χ0v) is 13.0. The monoisotopic (exact) mass is 356 g/mol. The summed E-state index contributed by atoms with van der Waals surface area (Å²) in [5.41, 5.74) is 0. The molecule has 0 aromatic carbocycles. The Morgan fingerprint density at radius 3 is 3.10 bits per heavy atom. The van der Waals surface area contributed by atoms with Crippen LogP contribution in [0.15, 0.2) is 23.1 Å². The van der Waals surface area contributed by atoms with Crippen LogP contribution < -0.4 is 4.90 Å². The summed E-state index contributed by atoms with van der Waals surface area (Å²) in [5.74, 6) is -0.768. The van der Waals surface area contributed by atoms with E-state index >= 15 is 0 Å². The molecule has 3 heterocycles. The number of hydrogen-bond donors (Lipinski definition) is 1. The van der Waals surface area contributed by atoms with E-state index in [1.165, 1.54) is 11.3 Å². The van der Waals surface area contributed by atoms with Gasteiger partial charge in [-0.2, -0.15) is 5.10 Å². The molecule has 6 nitrogen and oxygen atoms in total. The minimum atomic E-state index is -0.768. The van der Waals surface area contributed by atoms with Crippen LogP contribution in [0.2, 0.25) is 0 Å². The summed E-state index contributed by atoms with van der Waals surface area (Å²) in [5, 5.41) is 14.2. The van der Waals surface area contributed by atoms with Gasteiger partial charge in [0, 0.05) is 23.8 Å². The van der Waals surface area contributed by atoms with Crippen LogP contribution in [-0.4, -0.2) is 38.4 Å². The first-order valence-corrected chi connectivity index (χ1v) is 7.86. The molecule has 0 bridgehead atoms. The average molecular weight is 357 g/mol. The topological polar surface area (TPSA) is 71.2 Å². The molecule has 1 atom stereocenters. The summed E-state index contributed by atoms with van der Waals surface area (Å²) in [6.07, 6.45) is 7.03. The summed E-state index contributed by atoms with van der Waals surface area (Å²) in [7, 11) is 0. The molecular formula is C12H13BrN4O2S. The molecule has 0 spiro atoms. The Labute approximate surface area is 128 Å². The Morgan fingerprint density at radius 2 is 2.40 bits per heavy atom. The van der Waals surface area contributed by atoms with Crippen LogP contribution in [0.1, 0.15) is 17.7 Å². The number of anilines is 1. The molecule has 0 amide bonds. The van der Waals surface area contributed by atoms with E-state index in [1.54, 1.807) is 12.4 Å². The van der Waals surface area contributed by atoms with Gasteiger partial charge in [-0.3, -0.25) is 4.68 Å². The number of carboxylic acid groups (broad SMARTS) is 1. The SMILES string of the molecule is O=C(O)C1CCCN1c1ncc(Cn2cc(Br)cn2)s1. The molecule has 0 saturated carbocycles.